The molecule has 1 aliphatic carbocycles. The Balaban J connectivity index is 1.48. The van der Waals surface area contributed by atoms with Gasteiger partial charge in [-0.3, -0.25) is 9.69 Å². The van der Waals surface area contributed by atoms with Gasteiger partial charge in [-0.05, 0) is 32.4 Å². The highest BCUT2D eigenvalue weighted by Gasteiger charge is 2.39. The molecule has 2 fully saturated rings. The maximum atomic E-state index is 13.0. The van der Waals surface area contributed by atoms with E-state index in [4.69, 9.17) is 4.42 Å². The molecule has 28 heavy (non-hydrogen) atoms. The molecule has 4 rings (SSSR count). The summed E-state index contributed by atoms with van der Waals surface area (Å²) < 4.78 is 5.88. The number of hydrogen-bond acceptors (Lipinski definition) is 4. The second-order valence-electron chi connectivity index (χ2n) is 8.44. The standard InChI is InChI=1S/C23H33N3O2/c1-3-25-13-15-26(16-14-25)23(11-7-4-8-12-23)17-24-22(27)21-18(2)19-9-5-6-10-20(19)28-21/h5-6,9-10H,3-4,7-8,11-17H2,1-2H3,(H,24,27). The van der Waals surface area contributed by atoms with Gasteiger partial charge in [0.15, 0.2) is 5.76 Å². The Labute approximate surface area is 168 Å². The van der Waals surface area contributed by atoms with Gasteiger partial charge >= 0.3 is 0 Å². The van der Waals surface area contributed by atoms with Crippen molar-refractivity contribution >= 4 is 16.9 Å². The Bertz CT molecular complexity index is 814. The van der Waals surface area contributed by atoms with Crippen LogP contribution in [-0.4, -0.2) is 60.5 Å². The van der Waals surface area contributed by atoms with Crippen LogP contribution in [0, 0.1) is 6.92 Å². The number of nitrogens with one attached hydrogen (secondary N) is 1. The number of rotatable bonds is 5. The average Bonchev–Trinajstić information content (AvgIpc) is 3.10. The van der Waals surface area contributed by atoms with Crippen molar-refractivity contribution < 1.29 is 9.21 Å². The fraction of sp³-hybridized carbons (Fsp3) is 0.609. The Morgan fingerprint density at radius 3 is 2.50 bits per heavy atom. The second-order valence-corrected chi connectivity index (χ2v) is 8.44. The molecule has 1 aliphatic heterocycles. The van der Waals surface area contributed by atoms with Crippen LogP contribution in [0.15, 0.2) is 28.7 Å². The van der Waals surface area contributed by atoms with Crippen molar-refractivity contribution in [2.24, 2.45) is 0 Å². The Morgan fingerprint density at radius 1 is 1.11 bits per heavy atom. The summed E-state index contributed by atoms with van der Waals surface area (Å²) in [6.45, 7) is 10.5. The van der Waals surface area contributed by atoms with Crippen LogP contribution < -0.4 is 5.32 Å². The molecule has 1 amide bonds. The first kappa shape index (κ1) is 19.5. The number of carbonyl (C=O) groups excluding carboxylic acids is 1. The summed E-state index contributed by atoms with van der Waals surface area (Å²) in [4.78, 5) is 18.1. The third-order valence-electron chi connectivity index (χ3n) is 6.90. The second kappa shape index (κ2) is 8.26. The summed E-state index contributed by atoms with van der Waals surface area (Å²) in [5.41, 5.74) is 1.82. The molecule has 1 N–H and O–H groups in total. The molecule has 2 aromatic rings. The van der Waals surface area contributed by atoms with E-state index >= 15 is 0 Å². The zero-order valence-electron chi connectivity index (χ0n) is 17.3. The first-order valence-electron chi connectivity index (χ1n) is 10.9. The number of hydrogen-bond donors (Lipinski definition) is 1. The number of likely N-dealkylation sites (N-methyl/N-ethyl adjacent to an activating group) is 1. The number of aryl methyl sites for hydroxylation is 1. The topological polar surface area (TPSA) is 48.7 Å². The minimum atomic E-state index is -0.0779. The molecule has 0 radical (unpaired) electrons. The molecule has 0 unspecified atom stereocenters. The van der Waals surface area contributed by atoms with Gasteiger partial charge in [0.1, 0.15) is 5.58 Å². The molecule has 1 aromatic carbocycles. The number of fused-ring (bicyclic) bond motifs is 1. The lowest BCUT2D eigenvalue weighted by Crippen LogP contribution is -2.61. The highest BCUT2D eigenvalue weighted by atomic mass is 16.3. The monoisotopic (exact) mass is 383 g/mol. The summed E-state index contributed by atoms with van der Waals surface area (Å²) in [5.74, 6) is 0.383. The van der Waals surface area contributed by atoms with Crippen molar-refractivity contribution in [3.63, 3.8) is 0 Å². The van der Waals surface area contributed by atoms with E-state index in [0.29, 0.717) is 12.3 Å². The largest absolute Gasteiger partial charge is 0.451 e. The van der Waals surface area contributed by atoms with Crippen molar-refractivity contribution in [1.29, 1.82) is 0 Å². The molecule has 2 heterocycles. The highest BCUT2D eigenvalue weighted by Crippen LogP contribution is 2.34. The Morgan fingerprint density at radius 2 is 1.82 bits per heavy atom. The first-order chi connectivity index (χ1) is 13.6. The van der Waals surface area contributed by atoms with E-state index in [-0.39, 0.29) is 11.4 Å². The molecule has 0 bridgehead atoms. The molecule has 2 aliphatic rings. The van der Waals surface area contributed by atoms with Crippen LogP contribution >= 0.6 is 0 Å². The zero-order valence-corrected chi connectivity index (χ0v) is 17.3. The summed E-state index contributed by atoms with van der Waals surface area (Å²) in [6, 6.07) is 7.87. The van der Waals surface area contributed by atoms with Gasteiger partial charge in [0.2, 0.25) is 0 Å². The number of benzene rings is 1. The average molecular weight is 384 g/mol. The van der Waals surface area contributed by atoms with Gasteiger partial charge in [0.25, 0.3) is 5.91 Å². The molecule has 152 valence electrons. The van der Waals surface area contributed by atoms with E-state index in [9.17, 15) is 4.79 Å². The lowest BCUT2D eigenvalue weighted by atomic mass is 9.79. The van der Waals surface area contributed by atoms with Crippen LogP contribution in [0.1, 0.15) is 55.1 Å². The van der Waals surface area contributed by atoms with E-state index in [1.165, 1.54) is 32.1 Å². The van der Waals surface area contributed by atoms with Crippen LogP contribution in [0.4, 0.5) is 0 Å². The SMILES string of the molecule is CCN1CCN(C2(CNC(=O)c3oc4ccccc4c3C)CCCCC2)CC1. The Hall–Kier alpha value is -1.85. The first-order valence-corrected chi connectivity index (χ1v) is 10.9. The van der Waals surface area contributed by atoms with Crippen molar-refractivity contribution in [3.05, 3.63) is 35.6 Å². The summed E-state index contributed by atoms with van der Waals surface area (Å²) in [7, 11) is 0. The molecular formula is C23H33N3O2. The summed E-state index contributed by atoms with van der Waals surface area (Å²) in [6.07, 6.45) is 6.19. The van der Waals surface area contributed by atoms with Gasteiger partial charge in [0.05, 0.1) is 0 Å². The fourth-order valence-corrected chi connectivity index (χ4v) is 5.07. The third kappa shape index (κ3) is 3.70. The molecule has 5 nitrogen and oxygen atoms in total. The smallest absolute Gasteiger partial charge is 0.287 e. The van der Waals surface area contributed by atoms with E-state index in [2.05, 4.69) is 22.0 Å². The normalized spacial score (nSPS) is 21.1. The molecule has 1 saturated heterocycles. The number of para-hydroxylation sites is 1. The molecular weight excluding hydrogens is 350 g/mol. The van der Waals surface area contributed by atoms with Gasteiger partial charge in [0, 0.05) is 49.2 Å². The fourth-order valence-electron chi connectivity index (χ4n) is 5.07. The molecule has 5 heteroatoms. The number of nitrogens with zero attached hydrogens (tertiary/aromatic N) is 2. The molecule has 0 spiro atoms. The van der Waals surface area contributed by atoms with Crippen LogP contribution in [0.5, 0.6) is 0 Å². The number of piperazine rings is 1. The van der Waals surface area contributed by atoms with Crippen LogP contribution in [-0.2, 0) is 0 Å². The maximum Gasteiger partial charge on any atom is 0.287 e. The number of furan rings is 1. The van der Waals surface area contributed by atoms with E-state index < -0.39 is 0 Å². The van der Waals surface area contributed by atoms with E-state index in [1.807, 2.05) is 31.2 Å². The van der Waals surface area contributed by atoms with Crippen molar-refractivity contribution in [3.8, 4) is 0 Å². The van der Waals surface area contributed by atoms with Crippen LogP contribution in [0.2, 0.25) is 0 Å². The van der Waals surface area contributed by atoms with Crippen LogP contribution in [0.3, 0.4) is 0 Å². The lowest BCUT2D eigenvalue weighted by Gasteiger charge is -2.50. The predicted octanol–water partition coefficient (Wildman–Crippen LogP) is 3.81. The van der Waals surface area contributed by atoms with Crippen molar-refractivity contribution in [1.82, 2.24) is 15.1 Å². The Kier molecular flexibility index (Phi) is 5.74. The molecule has 1 aromatic heterocycles. The maximum absolute atomic E-state index is 13.0. The van der Waals surface area contributed by atoms with Crippen LogP contribution in [0.25, 0.3) is 11.0 Å². The third-order valence-corrected chi connectivity index (χ3v) is 6.90. The molecule has 1 saturated carbocycles. The minimum Gasteiger partial charge on any atom is -0.451 e. The predicted molar refractivity (Wildman–Crippen MR) is 113 cm³/mol. The summed E-state index contributed by atoms with van der Waals surface area (Å²) in [5, 5.41) is 4.27. The van der Waals surface area contributed by atoms with E-state index in [1.54, 1.807) is 0 Å². The summed E-state index contributed by atoms with van der Waals surface area (Å²) >= 11 is 0. The van der Waals surface area contributed by atoms with Gasteiger partial charge < -0.3 is 14.6 Å². The lowest BCUT2D eigenvalue weighted by molar-refractivity contribution is 0.00907. The van der Waals surface area contributed by atoms with Gasteiger partial charge in [-0.1, -0.05) is 44.4 Å². The van der Waals surface area contributed by atoms with Gasteiger partial charge in [-0.15, -0.1) is 0 Å². The highest BCUT2D eigenvalue weighted by molar-refractivity contribution is 5.98. The van der Waals surface area contributed by atoms with E-state index in [0.717, 1.165) is 49.3 Å². The van der Waals surface area contributed by atoms with Crippen molar-refractivity contribution in [2.75, 3.05) is 39.3 Å². The number of amides is 1. The molecule has 0 atom stereocenters. The quantitative estimate of drug-likeness (QED) is 0.853. The van der Waals surface area contributed by atoms with Gasteiger partial charge in [-0.25, -0.2) is 0 Å². The zero-order chi connectivity index (χ0) is 19.6. The van der Waals surface area contributed by atoms with Crippen molar-refractivity contribution in [2.45, 2.75) is 51.5 Å². The minimum absolute atomic E-state index is 0.0779. The van der Waals surface area contributed by atoms with Gasteiger partial charge in [-0.2, -0.15) is 0 Å². The number of carbonyl (C=O) groups is 1.